The number of nitro benzene ring substituents is 1. The molecule has 0 saturated heterocycles. The first kappa shape index (κ1) is 11.8. The first-order chi connectivity index (χ1) is 8.66. The molecule has 0 aliphatic carbocycles. The van der Waals surface area contributed by atoms with Gasteiger partial charge in [-0.05, 0) is 35.9 Å². The summed E-state index contributed by atoms with van der Waals surface area (Å²) in [6.07, 6.45) is 4.72. The molecule has 0 saturated carbocycles. The lowest BCUT2D eigenvalue weighted by Gasteiger charge is -1.93. The maximum Gasteiger partial charge on any atom is 0.269 e. The van der Waals surface area contributed by atoms with E-state index in [4.69, 9.17) is 0 Å². The molecule has 0 fully saturated rings. The summed E-state index contributed by atoms with van der Waals surface area (Å²) >= 11 is 0. The van der Waals surface area contributed by atoms with Gasteiger partial charge in [0.05, 0.1) is 10.6 Å². The van der Waals surface area contributed by atoms with Gasteiger partial charge in [0.15, 0.2) is 0 Å². The minimum Gasteiger partial charge on any atom is -0.359 e. The maximum atomic E-state index is 11.6. The molecule has 90 valence electrons. The Morgan fingerprint density at radius 2 is 1.94 bits per heavy atom. The van der Waals surface area contributed by atoms with Crippen LogP contribution in [0.4, 0.5) is 5.69 Å². The van der Waals surface area contributed by atoms with Crippen LogP contribution in [0.1, 0.15) is 16.1 Å². The number of non-ortho nitro benzene ring substituents is 1. The van der Waals surface area contributed by atoms with Gasteiger partial charge in [0.1, 0.15) is 0 Å². The highest BCUT2D eigenvalue weighted by atomic mass is 16.6. The number of hydrogen-bond acceptors (Lipinski definition) is 3. The van der Waals surface area contributed by atoms with E-state index in [0.29, 0.717) is 5.69 Å². The SMILES string of the molecule is O=C(C=Cc1ccc([N+](=O)[O-])cc1)c1ccc[nH]1. The summed E-state index contributed by atoms with van der Waals surface area (Å²) in [6.45, 7) is 0. The van der Waals surface area contributed by atoms with Gasteiger partial charge in [0, 0.05) is 18.3 Å². The van der Waals surface area contributed by atoms with Gasteiger partial charge in [-0.15, -0.1) is 0 Å². The van der Waals surface area contributed by atoms with Gasteiger partial charge >= 0.3 is 0 Å². The van der Waals surface area contributed by atoms with Crippen LogP contribution in [0.25, 0.3) is 6.08 Å². The molecule has 5 nitrogen and oxygen atoms in total. The van der Waals surface area contributed by atoms with Crippen molar-refractivity contribution >= 4 is 17.5 Å². The predicted molar refractivity (Wildman–Crippen MR) is 67.3 cm³/mol. The molecular weight excluding hydrogens is 232 g/mol. The number of nitro groups is 1. The van der Waals surface area contributed by atoms with Crippen LogP contribution in [0, 0.1) is 10.1 Å². The number of benzene rings is 1. The summed E-state index contributed by atoms with van der Waals surface area (Å²) in [5, 5.41) is 10.5. The Kier molecular flexibility index (Phi) is 3.33. The van der Waals surface area contributed by atoms with E-state index in [1.54, 1.807) is 36.5 Å². The van der Waals surface area contributed by atoms with E-state index in [9.17, 15) is 14.9 Å². The Labute approximate surface area is 103 Å². The molecule has 18 heavy (non-hydrogen) atoms. The fourth-order valence-electron chi connectivity index (χ4n) is 1.45. The van der Waals surface area contributed by atoms with Gasteiger partial charge in [0.25, 0.3) is 5.69 Å². The average molecular weight is 242 g/mol. The molecule has 2 rings (SSSR count). The van der Waals surface area contributed by atoms with Crippen molar-refractivity contribution in [1.82, 2.24) is 4.98 Å². The molecule has 1 aromatic heterocycles. The summed E-state index contributed by atoms with van der Waals surface area (Å²) in [7, 11) is 0. The van der Waals surface area contributed by atoms with Crippen LogP contribution in [0.5, 0.6) is 0 Å². The van der Waals surface area contributed by atoms with Crippen molar-refractivity contribution in [2.24, 2.45) is 0 Å². The van der Waals surface area contributed by atoms with Crippen molar-refractivity contribution in [2.45, 2.75) is 0 Å². The number of carbonyl (C=O) groups is 1. The number of allylic oxidation sites excluding steroid dienone is 1. The summed E-state index contributed by atoms with van der Waals surface area (Å²) in [5.41, 5.74) is 1.27. The van der Waals surface area contributed by atoms with E-state index in [0.717, 1.165) is 5.56 Å². The molecule has 1 heterocycles. The van der Waals surface area contributed by atoms with Crippen molar-refractivity contribution in [1.29, 1.82) is 0 Å². The second-order valence-corrected chi connectivity index (χ2v) is 3.63. The Bertz CT molecular complexity index is 583. The topological polar surface area (TPSA) is 76.0 Å². The molecule has 0 atom stereocenters. The molecule has 0 unspecified atom stereocenters. The summed E-state index contributed by atoms with van der Waals surface area (Å²) in [6, 6.07) is 9.42. The van der Waals surface area contributed by atoms with Crippen molar-refractivity contribution in [3.63, 3.8) is 0 Å². The van der Waals surface area contributed by atoms with Gasteiger partial charge in [-0.1, -0.05) is 6.08 Å². The molecule has 0 aliphatic heterocycles. The van der Waals surface area contributed by atoms with Crippen molar-refractivity contribution in [3.8, 4) is 0 Å². The molecule has 0 bridgehead atoms. The second kappa shape index (κ2) is 5.09. The van der Waals surface area contributed by atoms with E-state index in [2.05, 4.69) is 4.98 Å². The summed E-state index contributed by atoms with van der Waals surface area (Å²) in [4.78, 5) is 24.4. The quantitative estimate of drug-likeness (QED) is 0.387. The van der Waals surface area contributed by atoms with E-state index in [-0.39, 0.29) is 11.5 Å². The van der Waals surface area contributed by atoms with Crippen molar-refractivity contribution in [3.05, 3.63) is 70.0 Å². The Morgan fingerprint density at radius 3 is 2.50 bits per heavy atom. The highest BCUT2D eigenvalue weighted by Crippen LogP contribution is 2.13. The van der Waals surface area contributed by atoms with E-state index < -0.39 is 4.92 Å². The number of hydrogen-bond donors (Lipinski definition) is 1. The normalized spacial score (nSPS) is 10.7. The van der Waals surface area contributed by atoms with Crippen LogP contribution in [0.2, 0.25) is 0 Å². The van der Waals surface area contributed by atoms with Gasteiger partial charge < -0.3 is 4.98 Å². The Morgan fingerprint density at radius 1 is 1.22 bits per heavy atom. The summed E-state index contributed by atoms with van der Waals surface area (Å²) in [5.74, 6) is -0.140. The molecule has 1 N–H and O–H groups in total. The van der Waals surface area contributed by atoms with Gasteiger partial charge in [-0.3, -0.25) is 14.9 Å². The van der Waals surface area contributed by atoms with Gasteiger partial charge in [0.2, 0.25) is 5.78 Å². The second-order valence-electron chi connectivity index (χ2n) is 3.63. The molecule has 0 aliphatic rings. The third kappa shape index (κ3) is 2.70. The van der Waals surface area contributed by atoms with E-state index in [1.807, 2.05) is 0 Å². The lowest BCUT2D eigenvalue weighted by Crippen LogP contribution is -1.93. The molecule has 2 aromatic rings. The number of aromatic amines is 1. The zero-order chi connectivity index (χ0) is 13.0. The van der Waals surface area contributed by atoms with Crippen LogP contribution in [0.3, 0.4) is 0 Å². The first-order valence-electron chi connectivity index (χ1n) is 5.27. The zero-order valence-electron chi connectivity index (χ0n) is 9.37. The van der Waals surface area contributed by atoms with Crippen LogP contribution in [0.15, 0.2) is 48.7 Å². The van der Waals surface area contributed by atoms with Crippen LogP contribution >= 0.6 is 0 Å². The van der Waals surface area contributed by atoms with Crippen molar-refractivity contribution < 1.29 is 9.72 Å². The number of aromatic nitrogens is 1. The number of ketones is 1. The number of rotatable bonds is 4. The maximum absolute atomic E-state index is 11.6. The summed E-state index contributed by atoms with van der Waals surface area (Å²) < 4.78 is 0. The van der Waals surface area contributed by atoms with E-state index >= 15 is 0 Å². The minimum atomic E-state index is -0.461. The molecule has 1 aromatic carbocycles. The third-order valence-corrected chi connectivity index (χ3v) is 2.39. The number of carbonyl (C=O) groups excluding carboxylic acids is 1. The highest BCUT2D eigenvalue weighted by Gasteiger charge is 2.03. The smallest absolute Gasteiger partial charge is 0.269 e. The fraction of sp³-hybridized carbons (Fsp3) is 0. The molecule has 0 radical (unpaired) electrons. The molecular formula is C13H10N2O3. The fourth-order valence-corrected chi connectivity index (χ4v) is 1.45. The Hall–Kier alpha value is -2.69. The average Bonchev–Trinajstić information content (AvgIpc) is 2.90. The third-order valence-electron chi connectivity index (χ3n) is 2.39. The van der Waals surface area contributed by atoms with Crippen LogP contribution < -0.4 is 0 Å². The predicted octanol–water partition coefficient (Wildman–Crippen LogP) is 2.82. The molecule has 5 heteroatoms. The lowest BCUT2D eigenvalue weighted by molar-refractivity contribution is -0.384. The largest absolute Gasteiger partial charge is 0.359 e. The van der Waals surface area contributed by atoms with Crippen LogP contribution in [-0.4, -0.2) is 15.7 Å². The first-order valence-corrected chi connectivity index (χ1v) is 5.27. The monoisotopic (exact) mass is 242 g/mol. The van der Waals surface area contributed by atoms with Crippen molar-refractivity contribution in [2.75, 3.05) is 0 Å². The Balaban J connectivity index is 2.09. The van der Waals surface area contributed by atoms with Gasteiger partial charge in [-0.2, -0.15) is 0 Å². The van der Waals surface area contributed by atoms with Crippen LogP contribution in [-0.2, 0) is 0 Å². The minimum absolute atomic E-state index is 0.0304. The zero-order valence-corrected chi connectivity index (χ0v) is 9.37. The van der Waals surface area contributed by atoms with E-state index in [1.165, 1.54) is 18.2 Å². The lowest BCUT2D eigenvalue weighted by atomic mass is 10.1. The number of nitrogens with one attached hydrogen (secondary N) is 1. The number of H-pyrrole nitrogens is 1. The molecule has 0 amide bonds. The standard InChI is InChI=1S/C13H10N2O3/c16-13(12-2-1-9-14-12)8-5-10-3-6-11(7-4-10)15(17)18/h1-9,14H. The molecule has 0 spiro atoms. The highest BCUT2D eigenvalue weighted by molar-refractivity contribution is 6.05. The van der Waals surface area contributed by atoms with Gasteiger partial charge in [-0.25, -0.2) is 0 Å². The number of nitrogens with zero attached hydrogens (tertiary/aromatic N) is 1.